The van der Waals surface area contributed by atoms with Crippen molar-refractivity contribution < 1.29 is 13.5 Å². The van der Waals surface area contributed by atoms with Gasteiger partial charge in [-0.3, -0.25) is 0 Å². The summed E-state index contributed by atoms with van der Waals surface area (Å²) >= 11 is 1.27. The van der Waals surface area contributed by atoms with E-state index in [2.05, 4.69) is 20.8 Å². The summed E-state index contributed by atoms with van der Waals surface area (Å²) in [7, 11) is -3.36. The molecule has 0 spiro atoms. The molecule has 0 atom stereocenters. The topological polar surface area (TPSA) is 57.6 Å². The Morgan fingerprint density at radius 2 is 1.90 bits per heavy atom. The van der Waals surface area contributed by atoms with Crippen LogP contribution in [0.3, 0.4) is 0 Å². The van der Waals surface area contributed by atoms with E-state index in [1.165, 1.54) is 11.3 Å². The molecule has 1 aliphatic rings. The number of thiophene rings is 1. The van der Waals surface area contributed by atoms with Crippen LogP contribution < -0.4 is 0 Å². The second kappa shape index (κ2) is 6.36. The quantitative estimate of drug-likeness (QED) is 0.923. The van der Waals surface area contributed by atoms with E-state index in [1.807, 2.05) is 0 Å². The molecule has 6 heteroatoms. The minimum Gasteiger partial charge on any atom is -0.396 e. The summed E-state index contributed by atoms with van der Waals surface area (Å²) in [5.74, 6) is 0.581. The molecule has 21 heavy (non-hydrogen) atoms. The predicted molar refractivity (Wildman–Crippen MR) is 86.0 cm³/mol. The molecule has 0 bridgehead atoms. The maximum Gasteiger partial charge on any atom is 0.252 e. The van der Waals surface area contributed by atoms with Gasteiger partial charge in [-0.1, -0.05) is 20.8 Å². The van der Waals surface area contributed by atoms with Gasteiger partial charge in [0.1, 0.15) is 4.21 Å². The molecule has 0 aromatic carbocycles. The van der Waals surface area contributed by atoms with Crippen molar-refractivity contribution in [2.45, 2.75) is 44.2 Å². The molecule has 120 valence electrons. The molecule has 1 saturated heterocycles. The smallest absolute Gasteiger partial charge is 0.252 e. The van der Waals surface area contributed by atoms with Crippen LogP contribution >= 0.6 is 11.3 Å². The normalized spacial score (nSPS) is 19.0. The van der Waals surface area contributed by atoms with Gasteiger partial charge in [0.15, 0.2) is 0 Å². The molecule has 1 aromatic heterocycles. The summed E-state index contributed by atoms with van der Waals surface area (Å²) in [6, 6.07) is 3.47. The molecule has 2 heterocycles. The monoisotopic (exact) mass is 331 g/mol. The van der Waals surface area contributed by atoms with Crippen molar-refractivity contribution in [3.63, 3.8) is 0 Å². The summed E-state index contributed by atoms with van der Waals surface area (Å²) in [4.78, 5) is 0.917. The second-order valence-corrected chi connectivity index (χ2v) is 10.1. The van der Waals surface area contributed by atoms with Crippen molar-refractivity contribution in [2.24, 2.45) is 11.3 Å². The fourth-order valence-electron chi connectivity index (χ4n) is 2.83. The van der Waals surface area contributed by atoms with Crippen molar-refractivity contribution >= 4 is 21.4 Å². The van der Waals surface area contributed by atoms with Crippen molar-refractivity contribution in [1.82, 2.24) is 4.31 Å². The Hall–Kier alpha value is -0.430. The van der Waals surface area contributed by atoms with Gasteiger partial charge in [-0.2, -0.15) is 4.31 Å². The maximum atomic E-state index is 12.6. The summed E-state index contributed by atoms with van der Waals surface area (Å²) in [6.45, 7) is 7.94. The van der Waals surface area contributed by atoms with Crippen molar-refractivity contribution in [3.8, 4) is 0 Å². The first kappa shape index (κ1) is 16.9. The molecule has 1 aliphatic heterocycles. The Bertz CT molecular complexity index is 564. The number of nitrogens with zero attached hydrogens (tertiary/aromatic N) is 1. The van der Waals surface area contributed by atoms with E-state index in [4.69, 9.17) is 5.11 Å². The molecule has 0 amide bonds. The summed E-state index contributed by atoms with van der Waals surface area (Å²) in [6.07, 6.45) is 2.38. The molecule has 2 rings (SSSR count). The third-order valence-electron chi connectivity index (χ3n) is 4.27. The van der Waals surface area contributed by atoms with Crippen molar-refractivity contribution in [1.29, 1.82) is 0 Å². The summed E-state index contributed by atoms with van der Waals surface area (Å²) in [5, 5.41) is 8.93. The largest absolute Gasteiger partial charge is 0.396 e. The average molecular weight is 332 g/mol. The van der Waals surface area contributed by atoms with Gasteiger partial charge in [0.2, 0.25) is 0 Å². The number of rotatable bonds is 4. The molecule has 0 radical (unpaired) electrons. The zero-order valence-electron chi connectivity index (χ0n) is 13.0. The lowest BCUT2D eigenvalue weighted by molar-refractivity contribution is 0.154. The first-order valence-corrected chi connectivity index (χ1v) is 9.70. The summed E-state index contributed by atoms with van der Waals surface area (Å²) in [5.41, 5.74) is 0.243. The highest BCUT2D eigenvalue weighted by atomic mass is 32.2. The molecular formula is C15H25NO3S2. The molecule has 0 unspecified atom stereocenters. The second-order valence-electron chi connectivity index (χ2n) is 6.74. The number of aliphatic hydroxyl groups is 1. The molecule has 1 N–H and O–H groups in total. The zero-order valence-corrected chi connectivity index (χ0v) is 14.6. The van der Waals surface area contributed by atoms with E-state index in [9.17, 15) is 8.42 Å². The maximum absolute atomic E-state index is 12.6. The van der Waals surface area contributed by atoms with E-state index in [-0.39, 0.29) is 12.0 Å². The SMILES string of the molecule is CC(C)(C)C1CCN(S(=O)(=O)c2ccc(CCO)s2)CC1. The van der Waals surface area contributed by atoms with Crippen LogP contribution in [0.2, 0.25) is 0 Å². The van der Waals surface area contributed by atoms with Crippen molar-refractivity contribution in [2.75, 3.05) is 19.7 Å². The van der Waals surface area contributed by atoms with E-state index in [1.54, 1.807) is 16.4 Å². The van der Waals surface area contributed by atoms with Crippen molar-refractivity contribution in [3.05, 3.63) is 17.0 Å². The van der Waals surface area contributed by atoms with E-state index in [0.717, 1.165) is 17.7 Å². The molecular weight excluding hydrogens is 306 g/mol. The lowest BCUT2D eigenvalue weighted by atomic mass is 9.76. The van der Waals surface area contributed by atoms with Crippen LogP contribution in [0.5, 0.6) is 0 Å². The lowest BCUT2D eigenvalue weighted by Crippen LogP contribution is -2.41. The Labute approximate surface area is 131 Å². The lowest BCUT2D eigenvalue weighted by Gasteiger charge is -2.38. The van der Waals surface area contributed by atoms with E-state index in [0.29, 0.717) is 29.6 Å². The van der Waals surface area contributed by atoms with E-state index < -0.39 is 10.0 Å². The Balaban J connectivity index is 2.07. The third kappa shape index (κ3) is 3.86. The summed E-state index contributed by atoms with van der Waals surface area (Å²) < 4.78 is 27.3. The number of piperidine rings is 1. The molecule has 1 fully saturated rings. The standard InChI is InChI=1S/C15H25NO3S2/c1-15(2,3)12-6-9-16(10-7-12)21(18,19)14-5-4-13(20-14)8-11-17/h4-5,12,17H,6-11H2,1-3H3. The van der Waals surface area contributed by atoms with Crippen LogP contribution in [0, 0.1) is 11.3 Å². The highest BCUT2D eigenvalue weighted by Gasteiger charge is 2.34. The molecule has 4 nitrogen and oxygen atoms in total. The molecule has 0 aliphatic carbocycles. The zero-order chi connectivity index (χ0) is 15.7. The Morgan fingerprint density at radius 1 is 1.29 bits per heavy atom. The Morgan fingerprint density at radius 3 is 2.43 bits per heavy atom. The van der Waals surface area contributed by atoms with Crippen LogP contribution in [-0.4, -0.2) is 37.5 Å². The van der Waals surface area contributed by atoms with Crippen LogP contribution in [-0.2, 0) is 16.4 Å². The van der Waals surface area contributed by atoms with Crippen LogP contribution in [0.25, 0.3) is 0 Å². The van der Waals surface area contributed by atoms with Crippen LogP contribution in [0.15, 0.2) is 16.3 Å². The van der Waals surface area contributed by atoms with Gasteiger partial charge in [-0.15, -0.1) is 11.3 Å². The Kier molecular flexibility index (Phi) is 5.13. The minimum atomic E-state index is -3.36. The van der Waals surface area contributed by atoms with Gasteiger partial charge in [0, 0.05) is 31.0 Å². The highest BCUT2D eigenvalue weighted by Crippen LogP contribution is 2.36. The fourth-order valence-corrected chi connectivity index (χ4v) is 5.80. The van der Waals surface area contributed by atoms with E-state index >= 15 is 0 Å². The number of sulfonamides is 1. The van der Waals surface area contributed by atoms with Gasteiger partial charge in [0.05, 0.1) is 0 Å². The molecule has 1 aromatic rings. The number of hydrogen-bond donors (Lipinski definition) is 1. The van der Waals surface area contributed by atoms with Crippen LogP contribution in [0.1, 0.15) is 38.5 Å². The first-order chi connectivity index (χ1) is 9.75. The number of hydrogen-bond acceptors (Lipinski definition) is 4. The van der Waals surface area contributed by atoms with Gasteiger partial charge >= 0.3 is 0 Å². The number of aliphatic hydroxyl groups excluding tert-OH is 1. The average Bonchev–Trinajstić information content (AvgIpc) is 2.88. The first-order valence-electron chi connectivity index (χ1n) is 7.45. The van der Waals surface area contributed by atoms with Gasteiger partial charge in [0.25, 0.3) is 10.0 Å². The third-order valence-corrected chi connectivity index (χ3v) is 7.78. The highest BCUT2D eigenvalue weighted by molar-refractivity contribution is 7.91. The van der Waals surface area contributed by atoms with Gasteiger partial charge in [-0.05, 0) is 36.3 Å². The molecule has 0 saturated carbocycles. The predicted octanol–water partition coefficient (Wildman–Crippen LogP) is 2.73. The minimum absolute atomic E-state index is 0.0526. The van der Waals surface area contributed by atoms with Crippen LogP contribution in [0.4, 0.5) is 0 Å². The van der Waals surface area contributed by atoms with Gasteiger partial charge < -0.3 is 5.11 Å². The van der Waals surface area contributed by atoms with Gasteiger partial charge in [-0.25, -0.2) is 8.42 Å². The fraction of sp³-hybridized carbons (Fsp3) is 0.733.